The number of hydrogen-bond acceptors (Lipinski definition) is 4. The number of piperidine rings is 1. The third-order valence-corrected chi connectivity index (χ3v) is 6.24. The van der Waals surface area contributed by atoms with Crippen LogP contribution in [-0.2, 0) is 6.54 Å². The molecule has 1 aromatic rings. The number of anilines is 1. The van der Waals surface area contributed by atoms with Crippen molar-refractivity contribution in [1.29, 1.82) is 0 Å². The summed E-state index contributed by atoms with van der Waals surface area (Å²) in [4.78, 5) is 5.02. The van der Waals surface area contributed by atoms with Gasteiger partial charge in [0.1, 0.15) is 0 Å². The Kier molecular flexibility index (Phi) is 6.26. The van der Waals surface area contributed by atoms with E-state index in [2.05, 4.69) is 65.1 Å². The number of likely N-dealkylation sites (tertiary alicyclic amines) is 1. The van der Waals surface area contributed by atoms with Gasteiger partial charge in [-0.2, -0.15) is 11.8 Å². The van der Waals surface area contributed by atoms with Gasteiger partial charge in [0.05, 0.1) is 0 Å². The number of benzene rings is 1. The molecule has 0 amide bonds. The van der Waals surface area contributed by atoms with Crippen molar-refractivity contribution in [3.05, 3.63) is 29.8 Å². The first-order valence-electron chi connectivity index (χ1n) is 9.05. The van der Waals surface area contributed by atoms with E-state index >= 15 is 0 Å². The molecule has 1 N–H and O–H groups in total. The fourth-order valence-corrected chi connectivity index (χ4v) is 4.66. The molecule has 1 aromatic carbocycles. The Hall–Kier alpha value is -0.710. The van der Waals surface area contributed by atoms with Gasteiger partial charge in [-0.15, -0.1) is 0 Å². The largest absolute Gasteiger partial charge is 0.382 e. The van der Waals surface area contributed by atoms with Crippen molar-refractivity contribution in [2.75, 3.05) is 50.0 Å². The normalized spacial score (nSPS) is 22.9. The van der Waals surface area contributed by atoms with Gasteiger partial charge in [0.25, 0.3) is 0 Å². The second-order valence-corrected chi connectivity index (χ2v) is 8.39. The summed E-state index contributed by atoms with van der Waals surface area (Å²) in [6.45, 7) is 8.39. The van der Waals surface area contributed by atoms with E-state index in [9.17, 15) is 0 Å². The first kappa shape index (κ1) is 17.1. The molecule has 2 aliphatic rings. The van der Waals surface area contributed by atoms with Gasteiger partial charge in [0, 0.05) is 42.9 Å². The van der Waals surface area contributed by atoms with Gasteiger partial charge in [-0.25, -0.2) is 0 Å². The minimum absolute atomic E-state index is 0.560. The first-order valence-corrected chi connectivity index (χ1v) is 10.2. The molecular formula is C19H31N3S. The summed E-state index contributed by atoms with van der Waals surface area (Å²) in [5, 5.41) is 3.76. The molecule has 3 nitrogen and oxygen atoms in total. The van der Waals surface area contributed by atoms with Crippen LogP contribution in [0.1, 0.15) is 25.3 Å². The van der Waals surface area contributed by atoms with Crippen molar-refractivity contribution in [2.24, 2.45) is 5.92 Å². The molecule has 3 rings (SSSR count). The van der Waals surface area contributed by atoms with E-state index in [1.165, 1.54) is 61.8 Å². The van der Waals surface area contributed by atoms with Crippen molar-refractivity contribution in [2.45, 2.75) is 32.4 Å². The summed E-state index contributed by atoms with van der Waals surface area (Å²) < 4.78 is 0. The maximum atomic E-state index is 3.76. The molecule has 2 aliphatic heterocycles. The van der Waals surface area contributed by atoms with E-state index in [0.29, 0.717) is 6.04 Å². The molecule has 0 radical (unpaired) electrons. The fraction of sp³-hybridized carbons (Fsp3) is 0.684. The maximum absolute atomic E-state index is 3.76. The molecule has 0 saturated carbocycles. The molecule has 2 heterocycles. The lowest BCUT2D eigenvalue weighted by atomic mass is 9.90. The van der Waals surface area contributed by atoms with Gasteiger partial charge in [0.15, 0.2) is 0 Å². The molecule has 0 bridgehead atoms. The Bertz CT molecular complexity index is 479. The molecule has 128 valence electrons. The van der Waals surface area contributed by atoms with E-state index in [0.717, 1.165) is 12.5 Å². The van der Waals surface area contributed by atoms with Crippen molar-refractivity contribution >= 4 is 17.4 Å². The number of rotatable bonds is 5. The molecule has 23 heavy (non-hydrogen) atoms. The van der Waals surface area contributed by atoms with Crippen LogP contribution in [0.15, 0.2) is 24.3 Å². The van der Waals surface area contributed by atoms with E-state index in [4.69, 9.17) is 0 Å². The predicted octanol–water partition coefficient (Wildman–Crippen LogP) is 3.38. The number of nitrogens with one attached hydrogen (secondary N) is 1. The zero-order valence-corrected chi connectivity index (χ0v) is 15.4. The number of nitrogens with zero attached hydrogens (tertiary/aromatic N) is 2. The van der Waals surface area contributed by atoms with Crippen molar-refractivity contribution in [3.63, 3.8) is 0 Å². The minimum Gasteiger partial charge on any atom is -0.382 e. The van der Waals surface area contributed by atoms with E-state index in [1.54, 1.807) is 0 Å². The van der Waals surface area contributed by atoms with Gasteiger partial charge < -0.3 is 10.2 Å². The quantitative estimate of drug-likeness (QED) is 0.890. The second-order valence-electron chi connectivity index (χ2n) is 7.16. The molecule has 0 spiro atoms. The molecule has 4 heteroatoms. The lowest BCUT2D eigenvalue weighted by Gasteiger charge is -2.33. The molecule has 1 atom stereocenters. The van der Waals surface area contributed by atoms with Crippen LogP contribution >= 0.6 is 11.8 Å². The molecular weight excluding hydrogens is 302 g/mol. The van der Waals surface area contributed by atoms with Crippen molar-refractivity contribution < 1.29 is 0 Å². The highest BCUT2D eigenvalue weighted by molar-refractivity contribution is 7.99. The van der Waals surface area contributed by atoms with Crippen LogP contribution < -0.4 is 5.32 Å². The summed E-state index contributed by atoms with van der Waals surface area (Å²) in [6.07, 6.45) is 2.63. The zero-order chi connectivity index (χ0) is 16.1. The van der Waals surface area contributed by atoms with Crippen molar-refractivity contribution in [1.82, 2.24) is 9.80 Å². The number of hydrogen-bond donors (Lipinski definition) is 1. The van der Waals surface area contributed by atoms with Gasteiger partial charge in [0.2, 0.25) is 0 Å². The second kappa shape index (κ2) is 8.41. The molecule has 0 unspecified atom stereocenters. The molecule has 2 saturated heterocycles. The molecule has 2 fully saturated rings. The van der Waals surface area contributed by atoms with E-state index in [1.807, 2.05) is 0 Å². The summed E-state index contributed by atoms with van der Waals surface area (Å²) >= 11 is 2.08. The fourth-order valence-electron chi connectivity index (χ4n) is 3.69. The summed E-state index contributed by atoms with van der Waals surface area (Å²) in [5.74, 6) is 3.37. The SMILES string of the molecule is C[C@H](Nc1cccc(CN2CCSCC2)c1)C1CCN(C)CC1. The van der Waals surface area contributed by atoms with Crippen LogP contribution in [0.4, 0.5) is 5.69 Å². The van der Waals surface area contributed by atoms with E-state index in [-0.39, 0.29) is 0 Å². The smallest absolute Gasteiger partial charge is 0.0345 e. The third-order valence-electron chi connectivity index (χ3n) is 5.30. The highest BCUT2D eigenvalue weighted by Gasteiger charge is 2.22. The Morgan fingerprint density at radius 3 is 2.65 bits per heavy atom. The average molecular weight is 334 g/mol. The Labute approximate surface area is 145 Å². The monoisotopic (exact) mass is 333 g/mol. The van der Waals surface area contributed by atoms with Crippen molar-refractivity contribution in [3.8, 4) is 0 Å². The van der Waals surface area contributed by atoms with Crippen LogP contribution in [0.2, 0.25) is 0 Å². The van der Waals surface area contributed by atoms with Crippen LogP contribution in [0.5, 0.6) is 0 Å². The lowest BCUT2D eigenvalue weighted by Crippen LogP contribution is -2.37. The molecule has 0 aromatic heterocycles. The highest BCUT2D eigenvalue weighted by Crippen LogP contribution is 2.23. The zero-order valence-electron chi connectivity index (χ0n) is 14.6. The summed E-state index contributed by atoms with van der Waals surface area (Å²) in [6, 6.07) is 9.62. The number of thioether (sulfide) groups is 1. The maximum Gasteiger partial charge on any atom is 0.0345 e. The van der Waals surface area contributed by atoms with Crippen LogP contribution in [0, 0.1) is 5.92 Å². The average Bonchev–Trinajstić information content (AvgIpc) is 2.57. The Morgan fingerprint density at radius 1 is 1.17 bits per heavy atom. The Balaban J connectivity index is 1.54. The van der Waals surface area contributed by atoms with E-state index < -0.39 is 0 Å². The summed E-state index contributed by atoms with van der Waals surface area (Å²) in [7, 11) is 2.23. The van der Waals surface area contributed by atoms with Gasteiger partial charge in [-0.1, -0.05) is 12.1 Å². The van der Waals surface area contributed by atoms with Gasteiger partial charge >= 0.3 is 0 Å². The first-order chi connectivity index (χ1) is 11.2. The van der Waals surface area contributed by atoms with Crippen LogP contribution in [-0.4, -0.2) is 60.6 Å². The molecule has 0 aliphatic carbocycles. The van der Waals surface area contributed by atoms with Crippen LogP contribution in [0.25, 0.3) is 0 Å². The summed E-state index contributed by atoms with van der Waals surface area (Å²) in [5.41, 5.74) is 2.73. The topological polar surface area (TPSA) is 18.5 Å². The van der Waals surface area contributed by atoms with Gasteiger partial charge in [-0.05, 0) is 63.5 Å². The highest BCUT2D eigenvalue weighted by atomic mass is 32.2. The predicted molar refractivity (Wildman–Crippen MR) is 102 cm³/mol. The third kappa shape index (κ3) is 5.13. The van der Waals surface area contributed by atoms with Crippen LogP contribution in [0.3, 0.4) is 0 Å². The van der Waals surface area contributed by atoms with Gasteiger partial charge in [-0.3, -0.25) is 4.90 Å². The lowest BCUT2D eigenvalue weighted by molar-refractivity contribution is 0.208. The minimum atomic E-state index is 0.560. The Morgan fingerprint density at radius 2 is 1.91 bits per heavy atom. The standard InChI is InChI=1S/C19H31N3S/c1-16(18-6-8-21(2)9-7-18)20-19-5-3-4-17(14-19)15-22-10-12-23-13-11-22/h3-5,14,16,18,20H,6-13,15H2,1-2H3/t16-/m0/s1.